The molecule has 0 spiro atoms. The summed E-state index contributed by atoms with van der Waals surface area (Å²) in [6.07, 6.45) is 1.83. The number of benzene rings is 1. The number of aryl methyl sites for hydroxylation is 1. The third kappa shape index (κ3) is 1.35. The lowest BCUT2D eigenvalue weighted by Gasteiger charge is -2.33. The third-order valence-corrected chi connectivity index (χ3v) is 3.39. The molecule has 3 rings (SSSR count). The Morgan fingerprint density at radius 2 is 2.17 bits per heavy atom. The molecule has 1 aliphatic rings. The molecule has 0 saturated heterocycles. The summed E-state index contributed by atoms with van der Waals surface area (Å²) < 4.78 is 7.87. The molecule has 0 unspecified atom stereocenters. The molecule has 1 aromatic carbocycles. The van der Waals surface area contributed by atoms with Crippen molar-refractivity contribution in [3.63, 3.8) is 0 Å². The van der Waals surface area contributed by atoms with E-state index in [1.165, 1.54) is 0 Å². The van der Waals surface area contributed by atoms with E-state index in [1.54, 1.807) is 12.1 Å². The first-order valence-electron chi connectivity index (χ1n) is 6.12. The molecule has 0 aliphatic carbocycles. The van der Waals surface area contributed by atoms with Crippen molar-refractivity contribution < 1.29 is 9.84 Å². The zero-order valence-corrected chi connectivity index (χ0v) is 10.8. The number of phenolic OH excluding ortho intramolecular Hbond substituents is 1. The summed E-state index contributed by atoms with van der Waals surface area (Å²) in [5.74, 6) is 0.946. The van der Waals surface area contributed by atoms with Crippen LogP contribution in [0, 0.1) is 0 Å². The Morgan fingerprint density at radius 3 is 2.89 bits per heavy atom. The lowest BCUT2D eigenvalue weighted by atomic mass is 9.91. The topological polar surface area (TPSA) is 47.3 Å². The van der Waals surface area contributed by atoms with Crippen molar-refractivity contribution in [1.29, 1.82) is 0 Å². The molecule has 94 valence electrons. The second-order valence-corrected chi connectivity index (χ2v) is 4.99. The van der Waals surface area contributed by atoms with Crippen LogP contribution >= 0.6 is 0 Å². The Labute approximate surface area is 106 Å². The van der Waals surface area contributed by atoms with Crippen LogP contribution in [0.5, 0.6) is 11.5 Å². The molecule has 2 heterocycles. The minimum atomic E-state index is -0.427. The maximum absolute atomic E-state index is 10.1. The first-order valence-corrected chi connectivity index (χ1v) is 6.12. The van der Waals surface area contributed by atoms with E-state index in [0.29, 0.717) is 5.75 Å². The van der Waals surface area contributed by atoms with Gasteiger partial charge < -0.3 is 9.84 Å². The lowest BCUT2D eigenvalue weighted by Crippen LogP contribution is -2.29. The lowest BCUT2D eigenvalue weighted by molar-refractivity contribution is 0.105. The van der Waals surface area contributed by atoms with Gasteiger partial charge in [-0.2, -0.15) is 5.10 Å². The first kappa shape index (κ1) is 11.1. The van der Waals surface area contributed by atoms with Gasteiger partial charge in [0.15, 0.2) is 0 Å². The summed E-state index contributed by atoms with van der Waals surface area (Å²) >= 11 is 0. The van der Waals surface area contributed by atoms with Gasteiger partial charge >= 0.3 is 0 Å². The molecule has 0 radical (unpaired) electrons. The summed E-state index contributed by atoms with van der Waals surface area (Å²) in [6.45, 7) is 6.83. The van der Waals surface area contributed by atoms with Gasteiger partial charge in [0.25, 0.3) is 0 Å². The zero-order chi connectivity index (χ0) is 12.9. The van der Waals surface area contributed by atoms with Crippen molar-refractivity contribution >= 4 is 0 Å². The Kier molecular flexibility index (Phi) is 2.17. The van der Waals surface area contributed by atoms with Crippen molar-refractivity contribution in [2.24, 2.45) is 0 Å². The number of ether oxygens (including phenoxy) is 1. The summed E-state index contributed by atoms with van der Waals surface area (Å²) in [5, 5.41) is 14.5. The number of phenols is 1. The fraction of sp³-hybridized carbons (Fsp3) is 0.357. The molecule has 0 saturated carbocycles. The quantitative estimate of drug-likeness (QED) is 0.839. The number of hydrogen-bond donors (Lipinski definition) is 1. The molecule has 0 fully saturated rings. The molecule has 0 bridgehead atoms. The van der Waals surface area contributed by atoms with Crippen molar-refractivity contribution in [1.82, 2.24) is 9.78 Å². The van der Waals surface area contributed by atoms with Crippen LogP contribution in [0.25, 0.3) is 11.3 Å². The van der Waals surface area contributed by atoms with Crippen molar-refractivity contribution in [3.8, 4) is 22.8 Å². The van der Waals surface area contributed by atoms with Gasteiger partial charge in [0.2, 0.25) is 0 Å². The van der Waals surface area contributed by atoms with Gasteiger partial charge in [-0.3, -0.25) is 4.68 Å². The van der Waals surface area contributed by atoms with Crippen LogP contribution in [-0.2, 0) is 12.1 Å². The van der Waals surface area contributed by atoms with E-state index in [9.17, 15) is 5.11 Å². The van der Waals surface area contributed by atoms with Crippen LogP contribution in [0.15, 0.2) is 24.4 Å². The highest BCUT2D eigenvalue weighted by Gasteiger charge is 2.36. The molecule has 4 heteroatoms. The molecule has 18 heavy (non-hydrogen) atoms. The van der Waals surface area contributed by atoms with E-state index in [4.69, 9.17) is 4.74 Å². The molecule has 4 nitrogen and oxygen atoms in total. The first-order chi connectivity index (χ1) is 8.54. The van der Waals surface area contributed by atoms with Gasteiger partial charge in [0, 0.05) is 12.1 Å². The average Bonchev–Trinajstić information content (AvgIpc) is 2.73. The van der Waals surface area contributed by atoms with Crippen LogP contribution in [0.3, 0.4) is 0 Å². The predicted octanol–water partition coefficient (Wildman–Crippen LogP) is 2.90. The van der Waals surface area contributed by atoms with Crippen LogP contribution in [0.1, 0.15) is 26.3 Å². The minimum absolute atomic E-state index is 0.236. The van der Waals surface area contributed by atoms with E-state index in [-0.39, 0.29) is 5.75 Å². The van der Waals surface area contributed by atoms with E-state index in [2.05, 4.69) is 5.10 Å². The van der Waals surface area contributed by atoms with Gasteiger partial charge in [-0.25, -0.2) is 0 Å². The van der Waals surface area contributed by atoms with Gasteiger partial charge in [0.05, 0.1) is 17.5 Å². The zero-order valence-electron chi connectivity index (χ0n) is 10.8. The summed E-state index contributed by atoms with van der Waals surface area (Å²) in [4.78, 5) is 0. The third-order valence-electron chi connectivity index (χ3n) is 3.39. The van der Waals surface area contributed by atoms with E-state index in [0.717, 1.165) is 23.4 Å². The monoisotopic (exact) mass is 244 g/mol. The fourth-order valence-corrected chi connectivity index (χ4v) is 2.50. The molecule has 2 aromatic rings. The van der Waals surface area contributed by atoms with Crippen LogP contribution < -0.4 is 4.74 Å². The number of aromatic hydroxyl groups is 1. The highest BCUT2D eigenvalue weighted by Crippen LogP contribution is 2.48. The highest BCUT2D eigenvalue weighted by atomic mass is 16.5. The second kappa shape index (κ2) is 3.51. The van der Waals surface area contributed by atoms with Crippen LogP contribution in [0.2, 0.25) is 0 Å². The molecular weight excluding hydrogens is 228 g/mol. The smallest absolute Gasteiger partial charge is 0.133 e. The molecule has 0 amide bonds. The maximum atomic E-state index is 10.1. The van der Waals surface area contributed by atoms with Crippen molar-refractivity contribution in [2.75, 3.05) is 0 Å². The number of fused-ring (bicyclic) bond motifs is 3. The van der Waals surface area contributed by atoms with Crippen LogP contribution in [0.4, 0.5) is 0 Å². The number of nitrogens with zero attached hydrogens (tertiary/aromatic N) is 2. The largest absolute Gasteiger partial charge is 0.507 e. The van der Waals surface area contributed by atoms with Crippen molar-refractivity contribution in [3.05, 3.63) is 30.0 Å². The predicted molar refractivity (Wildman–Crippen MR) is 68.7 cm³/mol. The fourth-order valence-electron chi connectivity index (χ4n) is 2.50. The minimum Gasteiger partial charge on any atom is -0.507 e. The van der Waals surface area contributed by atoms with Gasteiger partial charge in [-0.15, -0.1) is 0 Å². The average molecular weight is 244 g/mol. The van der Waals surface area contributed by atoms with E-state index in [1.807, 2.05) is 37.7 Å². The Hall–Kier alpha value is -1.97. The number of rotatable bonds is 1. The van der Waals surface area contributed by atoms with Crippen molar-refractivity contribution in [2.45, 2.75) is 32.9 Å². The summed E-state index contributed by atoms with van der Waals surface area (Å²) in [6, 6.07) is 5.35. The van der Waals surface area contributed by atoms with Gasteiger partial charge in [0.1, 0.15) is 17.1 Å². The Morgan fingerprint density at radius 1 is 1.39 bits per heavy atom. The second-order valence-electron chi connectivity index (χ2n) is 4.99. The summed E-state index contributed by atoms with van der Waals surface area (Å²) in [7, 11) is 0. The summed E-state index contributed by atoms with van der Waals surface area (Å²) in [5.41, 5.74) is 2.29. The number of aromatic nitrogens is 2. The van der Waals surface area contributed by atoms with Gasteiger partial charge in [-0.05, 0) is 32.9 Å². The van der Waals surface area contributed by atoms with E-state index < -0.39 is 5.60 Å². The molecule has 1 N–H and O–H groups in total. The SMILES string of the molecule is CCn1ncc2c1-c1c(O)cccc1OC2(C)C. The normalized spacial score (nSPS) is 15.7. The number of hydrogen-bond acceptors (Lipinski definition) is 3. The highest BCUT2D eigenvalue weighted by molar-refractivity contribution is 5.78. The standard InChI is InChI=1S/C14H16N2O2/c1-4-16-13-9(8-15-16)14(2,3)18-11-7-5-6-10(17)12(11)13/h5-8,17H,4H2,1-3H3. The maximum Gasteiger partial charge on any atom is 0.133 e. The van der Waals surface area contributed by atoms with E-state index >= 15 is 0 Å². The Bertz CT molecular complexity index is 614. The van der Waals surface area contributed by atoms with Crippen LogP contribution in [-0.4, -0.2) is 14.9 Å². The molecule has 0 atom stereocenters. The molecule has 1 aliphatic heterocycles. The van der Waals surface area contributed by atoms with Gasteiger partial charge in [-0.1, -0.05) is 6.07 Å². The Balaban J connectivity index is 2.37. The molecular formula is C14H16N2O2. The molecule has 1 aromatic heterocycles.